The summed E-state index contributed by atoms with van der Waals surface area (Å²) in [6.07, 6.45) is 0. The Morgan fingerprint density at radius 2 is 2.08 bits per heavy atom. The van der Waals surface area contributed by atoms with Crippen LogP contribution in [-0.2, 0) is 10.0 Å². The number of aromatic amines is 1. The predicted octanol–water partition coefficient (Wildman–Crippen LogP) is 2.44. The van der Waals surface area contributed by atoms with Crippen molar-refractivity contribution < 1.29 is 8.42 Å². The van der Waals surface area contributed by atoms with Gasteiger partial charge >= 0.3 is 0 Å². The van der Waals surface area contributed by atoms with Crippen molar-refractivity contribution in [1.82, 2.24) is 19.8 Å². The maximum atomic E-state index is 13.2. The van der Waals surface area contributed by atoms with E-state index in [0.717, 1.165) is 5.56 Å². The summed E-state index contributed by atoms with van der Waals surface area (Å²) in [6, 6.07) is 7.05. The molecule has 6 nitrogen and oxygen atoms in total. The van der Waals surface area contributed by atoms with Gasteiger partial charge in [0, 0.05) is 24.7 Å². The summed E-state index contributed by atoms with van der Waals surface area (Å²) in [6.45, 7) is 5.00. The normalized spacial score (nSPS) is 19.0. The van der Waals surface area contributed by atoms with Crippen LogP contribution in [0.15, 0.2) is 29.2 Å². The minimum Gasteiger partial charge on any atom is -0.313 e. The summed E-state index contributed by atoms with van der Waals surface area (Å²) in [4.78, 5) is 0.270. The number of hydrogen-bond donors (Lipinski definition) is 2. The molecule has 1 atom stereocenters. The number of aryl methyl sites for hydroxylation is 2. The number of aromatic nitrogens is 2. The highest BCUT2D eigenvalue weighted by atomic mass is 35.5. The number of sulfonamides is 1. The average molecular weight is 391 g/mol. The molecular formula is C15H20Cl2N4O2S. The fourth-order valence-corrected chi connectivity index (χ4v) is 5.16. The van der Waals surface area contributed by atoms with Crippen LogP contribution in [0.3, 0.4) is 0 Å². The largest absolute Gasteiger partial charge is 0.313 e. The highest BCUT2D eigenvalue weighted by Gasteiger charge is 2.37. The Morgan fingerprint density at radius 1 is 1.33 bits per heavy atom. The fraction of sp³-hybridized carbons (Fsp3) is 0.400. The van der Waals surface area contributed by atoms with Crippen LogP contribution in [0.1, 0.15) is 23.0 Å². The zero-order valence-electron chi connectivity index (χ0n) is 13.4. The second-order valence-corrected chi connectivity index (χ2v) is 7.92. The molecule has 1 aromatic carbocycles. The van der Waals surface area contributed by atoms with Crippen molar-refractivity contribution in [3.05, 3.63) is 46.2 Å². The Morgan fingerprint density at radius 3 is 2.71 bits per heavy atom. The van der Waals surface area contributed by atoms with Gasteiger partial charge in [0.05, 0.1) is 17.4 Å². The molecule has 0 saturated carbocycles. The molecule has 2 N–H and O–H groups in total. The third-order valence-corrected chi connectivity index (χ3v) is 6.46. The van der Waals surface area contributed by atoms with Crippen LogP contribution in [0.4, 0.5) is 0 Å². The lowest BCUT2D eigenvalue weighted by atomic mass is 10.1. The van der Waals surface area contributed by atoms with Crippen LogP contribution in [0, 0.1) is 13.8 Å². The molecule has 1 fully saturated rings. The van der Waals surface area contributed by atoms with Crippen molar-refractivity contribution in [2.45, 2.75) is 24.8 Å². The molecule has 1 unspecified atom stereocenters. The number of nitrogens with one attached hydrogen (secondary N) is 2. The van der Waals surface area contributed by atoms with Crippen LogP contribution in [-0.4, -0.2) is 42.6 Å². The maximum absolute atomic E-state index is 13.2. The van der Waals surface area contributed by atoms with Crippen LogP contribution in [0.25, 0.3) is 0 Å². The first-order chi connectivity index (χ1) is 10.9. The van der Waals surface area contributed by atoms with Crippen molar-refractivity contribution in [3.63, 3.8) is 0 Å². The molecule has 1 saturated heterocycles. The van der Waals surface area contributed by atoms with E-state index in [-0.39, 0.29) is 23.3 Å². The summed E-state index contributed by atoms with van der Waals surface area (Å²) in [5.74, 6) is 0. The number of H-pyrrole nitrogens is 1. The van der Waals surface area contributed by atoms with Gasteiger partial charge in [0.1, 0.15) is 4.90 Å². The molecule has 24 heavy (non-hydrogen) atoms. The van der Waals surface area contributed by atoms with E-state index < -0.39 is 10.0 Å². The summed E-state index contributed by atoms with van der Waals surface area (Å²) in [5.41, 5.74) is 1.93. The number of hydrogen-bond acceptors (Lipinski definition) is 4. The summed E-state index contributed by atoms with van der Waals surface area (Å²) < 4.78 is 27.9. The van der Waals surface area contributed by atoms with Crippen molar-refractivity contribution in [2.75, 3.05) is 19.6 Å². The van der Waals surface area contributed by atoms with E-state index >= 15 is 0 Å². The lowest BCUT2D eigenvalue weighted by molar-refractivity contribution is 0.271. The van der Waals surface area contributed by atoms with Gasteiger partial charge in [-0.25, -0.2) is 8.42 Å². The lowest BCUT2D eigenvalue weighted by Gasteiger charge is -2.35. The minimum atomic E-state index is -3.63. The third kappa shape index (κ3) is 3.45. The zero-order chi connectivity index (χ0) is 16.6. The molecule has 0 bridgehead atoms. The minimum absolute atomic E-state index is 0. The number of halogens is 2. The monoisotopic (exact) mass is 390 g/mol. The standard InChI is InChI=1S/C15H19ClN4O2S.ClH/c1-10-15(11(2)19-18-10)23(21,22)20-7-6-17-9-14(20)12-4-3-5-13(16)8-12;/h3-5,8,14,17H,6-7,9H2,1-2H3,(H,18,19);1H. The van der Waals surface area contributed by atoms with Gasteiger partial charge in [0.25, 0.3) is 0 Å². The molecule has 1 aliphatic rings. The molecule has 0 radical (unpaired) electrons. The molecule has 0 aliphatic carbocycles. The van der Waals surface area contributed by atoms with Crippen molar-refractivity contribution in [1.29, 1.82) is 0 Å². The quantitative estimate of drug-likeness (QED) is 0.843. The van der Waals surface area contributed by atoms with E-state index in [1.807, 2.05) is 18.2 Å². The number of rotatable bonds is 3. The number of nitrogens with zero attached hydrogens (tertiary/aromatic N) is 2. The predicted molar refractivity (Wildman–Crippen MR) is 96.3 cm³/mol. The molecule has 2 heterocycles. The van der Waals surface area contributed by atoms with Gasteiger partial charge in [-0.15, -0.1) is 12.4 Å². The van der Waals surface area contributed by atoms with E-state index in [2.05, 4.69) is 15.5 Å². The summed E-state index contributed by atoms with van der Waals surface area (Å²) in [7, 11) is -3.63. The van der Waals surface area contributed by atoms with Gasteiger partial charge in [-0.3, -0.25) is 5.10 Å². The molecular weight excluding hydrogens is 371 g/mol. The Kier molecular flexibility index (Phi) is 5.93. The first kappa shape index (κ1) is 19.2. The highest BCUT2D eigenvalue weighted by molar-refractivity contribution is 7.89. The van der Waals surface area contributed by atoms with E-state index in [4.69, 9.17) is 11.6 Å². The SMILES string of the molecule is Cc1n[nH]c(C)c1S(=O)(=O)N1CCNCC1c1cccc(Cl)c1.Cl. The first-order valence-electron chi connectivity index (χ1n) is 7.41. The highest BCUT2D eigenvalue weighted by Crippen LogP contribution is 2.31. The van der Waals surface area contributed by atoms with Gasteiger partial charge in [-0.2, -0.15) is 9.40 Å². The van der Waals surface area contributed by atoms with E-state index in [0.29, 0.717) is 36.0 Å². The zero-order valence-corrected chi connectivity index (χ0v) is 15.8. The van der Waals surface area contributed by atoms with Gasteiger partial charge in [0.15, 0.2) is 0 Å². The molecule has 1 aromatic heterocycles. The van der Waals surface area contributed by atoms with Crippen molar-refractivity contribution >= 4 is 34.0 Å². The van der Waals surface area contributed by atoms with E-state index in [1.54, 1.807) is 24.2 Å². The van der Waals surface area contributed by atoms with E-state index in [9.17, 15) is 8.42 Å². The van der Waals surface area contributed by atoms with Crippen LogP contribution in [0.5, 0.6) is 0 Å². The second kappa shape index (κ2) is 7.41. The molecule has 0 amide bonds. The molecule has 3 rings (SSSR count). The topological polar surface area (TPSA) is 78.1 Å². The smallest absolute Gasteiger partial charge is 0.247 e. The van der Waals surface area contributed by atoms with E-state index in [1.165, 1.54) is 0 Å². The van der Waals surface area contributed by atoms with Crippen molar-refractivity contribution in [3.8, 4) is 0 Å². The summed E-state index contributed by atoms with van der Waals surface area (Å²) >= 11 is 6.07. The average Bonchev–Trinajstić information content (AvgIpc) is 2.87. The number of benzene rings is 1. The molecule has 0 spiro atoms. The lowest BCUT2D eigenvalue weighted by Crippen LogP contribution is -2.48. The first-order valence-corrected chi connectivity index (χ1v) is 9.22. The van der Waals surface area contributed by atoms with Gasteiger partial charge in [-0.1, -0.05) is 23.7 Å². The molecule has 2 aromatic rings. The van der Waals surface area contributed by atoms with Crippen LogP contribution >= 0.6 is 24.0 Å². The number of piperazine rings is 1. The van der Waals surface area contributed by atoms with Crippen LogP contribution in [0.2, 0.25) is 5.02 Å². The fourth-order valence-electron chi connectivity index (χ4n) is 3.01. The maximum Gasteiger partial charge on any atom is 0.247 e. The third-order valence-electron chi connectivity index (χ3n) is 4.05. The van der Waals surface area contributed by atoms with Gasteiger partial charge < -0.3 is 5.32 Å². The van der Waals surface area contributed by atoms with Crippen molar-refractivity contribution in [2.24, 2.45) is 0 Å². The Bertz CT molecular complexity index is 803. The van der Waals surface area contributed by atoms with Gasteiger partial charge in [-0.05, 0) is 31.5 Å². The molecule has 132 valence electrons. The van der Waals surface area contributed by atoms with Gasteiger partial charge in [0.2, 0.25) is 10.0 Å². The Balaban J connectivity index is 0.00000208. The summed E-state index contributed by atoms with van der Waals surface area (Å²) in [5, 5.41) is 10.6. The second-order valence-electron chi connectivity index (χ2n) is 5.65. The van der Waals surface area contributed by atoms with Crippen LogP contribution < -0.4 is 5.32 Å². The molecule has 1 aliphatic heterocycles. The Labute approximate surface area is 153 Å². The molecule has 9 heteroatoms. The Hall–Kier alpha value is -1.12.